The van der Waals surface area contributed by atoms with E-state index in [0.717, 1.165) is 29.2 Å². The van der Waals surface area contributed by atoms with Gasteiger partial charge in [0.1, 0.15) is 0 Å². The molecule has 1 aliphatic rings. The molecule has 0 atom stereocenters. The molecule has 0 fully saturated rings. The van der Waals surface area contributed by atoms with Crippen molar-refractivity contribution in [3.05, 3.63) is 52.0 Å². The summed E-state index contributed by atoms with van der Waals surface area (Å²) in [7, 11) is 0. The predicted molar refractivity (Wildman–Crippen MR) is 85.8 cm³/mol. The molecule has 0 amide bonds. The van der Waals surface area contributed by atoms with Gasteiger partial charge in [-0.2, -0.15) is 0 Å². The quantitative estimate of drug-likeness (QED) is 0.882. The van der Waals surface area contributed by atoms with Crippen molar-refractivity contribution in [2.24, 2.45) is 0 Å². The van der Waals surface area contributed by atoms with Crippen molar-refractivity contribution in [2.45, 2.75) is 13.0 Å². The normalized spacial score (nSPS) is 13.6. The zero-order valence-corrected chi connectivity index (χ0v) is 12.9. The number of rotatable bonds is 3. The van der Waals surface area contributed by atoms with E-state index in [0.29, 0.717) is 29.8 Å². The third kappa shape index (κ3) is 3.55. The number of nitrogens with one attached hydrogen (secondary N) is 1. The minimum atomic E-state index is 0.621. The Morgan fingerprint density at radius 1 is 0.952 bits per heavy atom. The molecule has 21 heavy (non-hydrogen) atoms. The molecule has 2 aromatic carbocycles. The summed E-state index contributed by atoms with van der Waals surface area (Å²) in [5.74, 6) is 1.57. The van der Waals surface area contributed by atoms with Crippen LogP contribution in [-0.2, 0) is 6.54 Å². The minimum Gasteiger partial charge on any atom is -0.490 e. The van der Waals surface area contributed by atoms with Gasteiger partial charge < -0.3 is 14.8 Å². The van der Waals surface area contributed by atoms with Crippen LogP contribution >= 0.6 is 23.2 Å². The Balaban J connectivity index is 1.72. The number of hydrogen-bond donors (Lipinski definition) is 1. The Bertz CT molecular complexity index is 646. The third-order valence-electron chi connectivity index (χ3n) is 3.25. The molecule has 0 aliphatic carbocycles. The summed E-state index contributed by atoms with van der Waals surface area (Å²) >= 11 is 12.1. The molecule has 0 spiro atoms. The standard InChI is InChI=1S/C16H15Cl2NO2/c17-12-3-2-11(14(18)8-12)10-19-13-4-5-15-16(9-13)21-7-1-6-20-15/h2-5,8-9,19H,1,6-7,10H2. The van der Waals surface area contributed by atoms with E-state index in [1.165, 1.54) is 0 Å². The fourth-order valence-corrected chi connectivity index (χ4v) is 2.61. The highest BCUT2D eigenvalue weighted by Gasteiger charge is 2.10. The van der Waals surface area contributed by atoms with Crippen molar-refractivity contribution in [3.8, 4) is 11.5 Å². The lowest BCUT2D eigenvalue weighted by atomic mass is 10.2. The van der Waals surface area contributed by atoms with Gasteiger partial charge in [0.2, 0.25) is 0 Å². The highest BCUT2D eigenvalue weighted by molar-refractivity contribution is 6.35. The Hall–Kier alpha value is -1.58. The van der Waals surface area contributed by atoms with Crippen molar-refractivity contribution in [2.75, 3.05) is 18.5 Å². The van der Waals surface area contributed by atoms with Crippen LogP contribution in [0.25, 0.3) is 0 Å². The molecular weight excluding hydrogens is 309 g/mol. The van der Waals surface area contributed by atoms with E-state index in [1.807, 2.05) is 30.3 Å². The first-order chi connectivity index (χ1) is 10.2. The highest BCUT2D eigenvalue weighted by Crippen LogP contribution is 2.32. The number of benzene rings is 2. The summed E-state index contributed by atoms with van der Waals surface area (Å²) in [6.45, 7) is 2.00. The smallest absolute Gasteiger partial charge is 0.163 e. The molecule has 0 saturated heterocycles. The second kappa shape index (κ2) is 6.46. The molecule has 3 nitrogen and oxygen atoms in total. The van der Waals surface area contributed by atoms with Gasteiger partial charge in [-0.3, -0.25) is 0 Å². The Kier molecular flexibility index (Phi) is 4.42. The maximum absolute atomic E-state index is 6.16. The first kappa shape index (κ1) is 14.4. The lowest BCUT2D eigenvalue weighted by Crippen LogP contribution is -2.01. The van der Waals surface area contributed by atoms with E-state index < -0.39 is 0 Å². The van der Waals surface area contributed by atoms with Crippen LogP contribution in [0.15, 0.2) is 36.4 Å². The number of hydrogen-bond acceptors (Lipinski definition) is 3. The summed E-state index contributed by atoms with van der Waals surface area (Å²) in [5.41, 5.74) is 1.96. The number of halogens is 2. The van der Waals surface area contributed by atoms with Crippen LogP contribution in [0, 0.1) is 0 Å². The summed E-state index contributed by atoms with van der Waals surface area (Å²) in [5, 5.41) is 4.62. The highest BCUT2D eigenvalue weighted by atomic mass is 35.5. The van der Waals surface area contributed by atoms with Crippen LogP contribution in [0.4, 0.5) is 5.69 Å². The molecule has 0 unspecified atom stereocenters. The van der Waals surface area contributed by atoms with Crippen LogP contribution < -0.4 is 14.8 Å². The van der Waals surface area contributed by atoms with Crippen LogP contribution in [0.1, 0.15) is 12.0 Å². The predicted octanol–water partition coefficient (Wildman–Crippen LogP) is 4.77. The van der Waals surface area contributed by atoms with Gasteiger partial charge in [-0.1, -0.05) is 29.3 Å². The van der Waals surface area contributed by atoms with Crippen LogP contribution in [0.5, 0.6) is 11.5 Å². The van der Waals surface area contributed by atoms with E-state index in [4.69, 9.17) is 32.7 Å². The Morgan fingerprint density at radius 2 is 1.76 bits per heavy atom. The monoisotopic (exact) mass is 323 g/mol. The first-order valence-electron chi connectivity index (χ1n) is 6.80. The first-order valence-corrected chi connectivity index (χ1v) is 7.55. The average Bonchev–Trinajstić information content (AvgIpc) is 2.71. The second-order valence-corrected chi connectivity index (χ2v) is 5.64. The van der Waals surface area contributed by atoms with Crippen molar-refractivity contribution in [1.29, 1.82) is 0 Å². The fourth-order valence-electron chi connectivity index (χ4n) is 2.14. The third-order valence-corrected chi connectivity index (χ3v) is 3.83. The molecule has 5 heteroatoms. The largest absolute Gasteiger partial charge is 0.490 e. The second-order valence-electron chi connectivity index (χ2n) is 4.80. The molecule has 1 aliphatic heterocycles. The van der Waals surface area contributed by atoms with Gasteiger partial charge in [-0.05, 0) is 29.8 Å². The van der Waals surface area contributed by atoms with Crippen molar-refractivity contribution < 1.29 is 9.47 Å². The van der Waals surface area contributed by atoms with E-state index in [2.05, 4.69) is 5.32 Å². The molecule has 0 bridgehead atoms. The van der Waals surface area contributed by atoms with Gasteiger partial charge in [0, 0.05) is 34.8 Å². The summed E-state index contributed by atoms with van der Waals surface area (Å²) in [6.07, 6.45) is 0.901. The van der Waals surface area contributed by atoms with Crippen LogP contribution in [-0.4, -0.2) is 13.2 Å². The number of ether oxygens (including phenoxy) is 2. The Morgan fingerprint density at radius 3 is 2.57 bits per heavy atom. The topological polar surface area (TPSA) is 30.5 Å². The molecule has 2 aromatic rings. The fraction of sp³-hybridized carbons (Fsp3) is 0.250. The van der Waals surface area contributed by atoms with E-state index in [1.54, 1.807) is 6.07 Å². The van der Waals surface area contributed by atoms with Crippen LogP contribution in [0.2, 0.25) is 10.0 Å². The van der Waals surface area contributed by atoms with Gasteiger partial charge in [0.15, 0.2) is 11.5 Å². The van der Waals surface area contributed by atoms with Gasteiger partial charge in [0.05, 0.1) is 13.2 Å². The summed E-state index contributed by atoms with van der Waals surface area (Å²) in [6, 6.07) is 11.3. The van der Waals surface area contributed by atoms with Gasteiger partial charge >= 0.3 is 0 Å². The number of anilines is 1. The van der Waals surface area contributed by atoms with Gasteiger partial charge in [-0.15, -0.1) is 0 Å². The van der Waals surface area contributed by atoms with Crippen molar-refractivity contribution in [1.82, 2.24) is 0 Å². The molecule has 3 rings (SSSR count). The van der Waals surface area contributed by atoms with Crippen molar-refractivity contribution >= 4 is 28.9 Å². The zero-order valence-electron chi connectivity index (χ0n) is 11.4. The molecule has 110 valence electrons. The molecule has 0 radical (unpaired) electrons. The molecule has 0 saturated carbocycles. The van der Waals surface area contributed by atoms with E-state index in [9.17, 15) is 0 Å². The summed E-state index contributed by atoms with van der Waals surface area (Å²) in [4.78, 5) is 0. The molecule has 1 N–H and O–H groups in total. The molecule has 1 heterocycles. The van der Waals surface area contributed by atoms with Gasteiger partial charge in [-0.25, -0.2) is 0 Å². The van der Waals surface area contributed by atoms with E-state index in [-0.39, 0.29) is 0 Å². The zero-order chi connectivity index (χ0) is 14.7. The van der Waals surface area contributed by atoms with Gasteiger partial charge in [0.25, 0.3) is 0 Å². The lowest BCUT2D eigenvalue weighted by Gasteiger charge is -2.12. The van der Waals surface area contributed by atoms with E-state index >= 15 is 0 Å². The molecular formula is C16H15Cl2NO2. The molecule has 0 aromatic heterocycles. The Labute approximate surface area is 133 Å². The lowest BCUT2D eigenvalue weighted by molar-refractivity contribution is 0.297. The summed E-state index contributed by atoms with van der Waals surface area (Å²) < 4.78 is 11.3. The maximum atomic E-state index is 6.16. The average molecular weight is 324 g/mol. The maximum Gasteiger partial charge on any atom is 0.163 e. The number of fused-ring (bicyclic) bond motifs is 1. The minimum absolute atomic E-state index is 0.621. The van der Waals surface area contributed by atoms with Crippen molar-refractivity contribution in [3.63, 3.8) is 0 Å². The van der Waals surface area contributed by atoms with Crippen LogP contribution in [0.3, 0.4) is 0 Å². The SMILES string of the molecule is Clc1ccc(CNc2ccc3c(c2)OCCCO3)c(Cl)c1.